The van der Waals surface area contributed by atoms with E-state index in [1.807, 2.05) is 24.3 Å². The summed E-state index contributed by atoms with van der Waals surface area (Å²) in [6.07, 6.45) is 4.60. The van der Waals surface area contributed by atoms with Crippen molar-refractivity contribution in [2.75, 3.05) is 6.54 Å². The van der Waals surface area contributed by atoms with Gasteiger partial charge in [-0.3, -0.25) is 4.79 Å². The van der Waals surface area contributed by atoms with Crippen molar-refractivity contribution in [2.24, 2.45) is 0 Å². The third kappa shape index (κ3) is 5.16. The highest BCUT2D eigenvalue weighted by molar-refractivity contribution is 5.72. The average molecular weight is 261 g/mol. The standard InChI is InChI=1S/C16H23NO2/c1-12(18)17-10-6-5-7-13-11-14(16(2,3)4)8-9-15(13)19/h5,7-9,11,19H,6,10H2,1-4H3,(H,17,18). The van der Waals surface area contributed by atoms with E-state index in [1.54, 1.807) is 6.07 Å². The number of hydrogen-bond donors (Lipinski definition) is 2. The maximum atomic E-state index is 10.7. The van der Waals surface area contributed by atoms with Gasteiger partial charge in [0.2, 0.25) is 5.91 Å². The zero-order valence-electron chi connectivity index (χ0n) is 12.2. The first-order valence-electron chi connectivity index (χ1n) is 6.55. The van der Waals surface area contributed by atoms with Crippen LogP contribution in [0.3, 0.4) is 0 Å². The van der Waals surface area contributed by atoms with Crippen molar-refractivity contribution in [1.82, 2.24) is 5.32 Å². The van der Waals surface area contributed by atoms with E-state index < -0.39 is 0 Å². The molecule has 0 saturated heterocycles. The SMILES string of the molecule is CC(=O)NCCC=Cc1cc(C(C)(C)C)ccc1O. The number of carbonyl (C=O) groups is 1. The second kappa shape index (κ2) is 6.41. The van der Waals surface area contributed by atoms with Crippen LogP contribution >= 0.6 is 0 Å². The Morgan fingerprint density at radius 2 is 2.05 bits per heavy atom. The molecule has 2 N–H and O–H groups in total. The van der Waals surface area contributed by atoms with Gasteiger partial charge in [0.15, 0.2) is 0 Å². The minimum absolute atomic E-state index is 0.0222. The first kappa shape index (κ1) is 15.3. The van der Waals surface area contributed by atoms with Crippen LogP contribution in [0.2, 0.25) is 0 Å². The molecule has 1 aromatic carbocycles. The fraction of sp³-hybridized carbons (Fsp3) is 0.438. The van der Waals surface area contributed by atoms with Crippen molar-refractivity contribution in [3.8, 4) is 5.75 Å². The Kier molecular flexibility index (Phi) is 5.16. The Labute approximate surface area is 115 Å². The lowest BCUT2D eigenvalue weighted by molar-refractivity contribution is -0.118. The van der Waals surface area contributed by atoms with Crippen LogP contribution in [0, 0.1) is 0 Å². The van der Waals surface area contributed by atoms with Crippen LogP contribution in [-0.2, 0) is 10.2 Å². The van der Waals surface area contributed by atoms with Crippen LogP contribution < -0.4 is 5.32 Å². The van der Waals surface area contributed by atoms with Gasteiger partial charge in [0, 0.05) is 19.0 Å². The third-order valence-electron chi connectivity index (χ3n) is 2.88. The first-order valence-corrected chi connectivity index (χ1v) is 6.55. The van der Waals surface area contributed by atoms with Crippen LogP contribution in [0.4, 0.5) is 0 Å². The molecule has 104 valence electrons. The Balaban J connectivity index is 2.72. The molecule has 19 heavy (non-hydrogen) atoms. The fourth-order valence-electron chi connectivity index (χ4n) is 1.70. The quantitative estimate of drug-likeness (QED) is 0.817. The number of nitrogens with one attached hydrogen (secondary N) is 1. The lowest BCUT2D eigenvalue weighted by atomic mass is 9.86. The molecule has 0 saturated carbocycles. The molecule has 0 unspecified atom stereocenters. The van der Waals surface area contributed by atoms with Crippen molar-refractivity contribution in [2.45, 2.75) is 39.5 Å². The van der Waals surface area contributed by atoms with Gasteiger partial charge < -0.3 is 10.4 Å². The maximum Gasteiger partial charge on any atom is 0.216 e. The van der Waals surface area contributed by atoms with Crippen molar-refractivity contribution in [3.05, 3.63) is 35.4 Å². The Morgan fingerprint density at radius 3 is 2.63 bits per heavy atom. The summed E-state index contributed by atoms with van der Waals surface area (Å²) in [5.74, 6) is 0.259. The second-order valence-electron chi connectivity index (χ2n) is 5.70. The number of phenols is 1. The summed E-state index contributed by atoms with van der Waals surface area (Å²) in [6.45, 7) is 8.55. The molecule has 0 atom stereocenters. The van der Waals surface area contributed by atoms with Gasteiger partial charge in [0.25, 0.3) is 0 Å². The molecule has 0 fully saturated rings. The summed E-state index contributed by atoms with van der Waals surface area (Å²) >= 11 is 0. The highest BCUT2D eigenvalue weighted by atomic mass is 16.3. The Bertz CT molecular complexity index is 470. The summed E-state index contributed by atoms with van der Waals surface area (Å²) in [5, 5.41) is 12.6. The van der Waals surface area contributed by atoms with Gasteiger partial charge in [-0.1, -0.05) is 39.0 Å². The average Bonchev–Trinajstić information content (AvgIpc) is 2.29. The van der Waals surface area contributed by atoms with Gasteiger partial charge in [-0.05, 0) is 29.5 Å². The van der Waals surface area contributed by atoms with E-state index in [9.17, 15) is 9.90 Å². The highest BCUT2D eigenvalue weighted by Crippen LogP contribution is 2.28. The molecular formula is C16H23NO2. The monoisotopic (exact) mass is 261 g/mol. The highest BCUT2D eigenvalue weighted by Gasteiger charge is 2.14. The number of phenolic OH excluding ortho intramolecular Hbond substituents is 1. The number of aromatic hydroxyl groups is 1. The molecule has 0 aliphatic rings. The zero-order valence-corrected chi connectivity index (χ0v) is 12.2. The summed E-state index contributed by atoms with van der Waals surface area (Å²) in [6, 6.07) is 5.68. The maximum absolute atomic E-state index is 10.7. The van der Waals surface area contributed by atoms with Crippen LogP contribution in [0.1, 0.15) is 45.2 Å². The van der Waals surface area contributed by atoms with Crippen LogP contribution in [0.25, 0.3) is 6.08 Å². The minimum atomic E-state index is -0.0222. The van der Waals surface area contributed by atoms with Gasteiger partial charge >= 0.3 is 0 Å². The molecule has 1 amide bonds. The van der Waals surface area contributed by atoms with Crippen LogP contribution in [0.5, 0.6) is 5.75 Å². The third-order valence-corrected chi connectivity index (χ3v) is 2.88. The summed E-state index contributed by atoms with van der Waals surface area (Å²) in [7, 11) is 0. The van der Waals surface area contributed by atoms with Crippen molar-refractivity contribution in [3.63, 3.8) is 0 Å². The normalized spacial score (nSPS) is 11.8. The topological polar surface area (TPSA) is 49.3 Å². The van der Waals surface area contributed by atoms with E-state index in [0.717, 1.165) is 12.0 Å². The summed E-state index contributed by atoms with van der Waals surface area (Å²) < 4.78 is 0. The van der Waals surface area contributed by atoms with Crippen molar-refractivity contribution in [1.29, 1.82) is 0 Å². The van der Waals surface area contributed by atoms with E-state index in [4.69, 9.17) is 0 Å². The van der Waals surface area contributed by atoms with Gasteiger partial charge in [-0.2, -0.15) is 0 Å². The second-order valence-corrected chi connectivity index (χ2v) is 5.70. The fourth-order valence-corrected chi connectivity index (χ4v) is 1.70. The van der Waals surface area contributed by atoms with E-state index in [-0.39, 0.29) is 17.1 Å². The number of carbonyl (C=O) groups excluding carboxylic acids is 1. The first-order chi connectivity index (χ1) is 8.80. The van der Waals surface area contributed by atoms with Crippen molar-refractivity contribution < 1.29 is 9.90 Å². The Hall–Kier alpha value is -1.77. The molecular weight excluding hydrogens is 238 g/mol. The largest absolute Gasteiger partial charge is 0.507 e. The lowest BCUT2D eigenvalue weighted by Crippen LogP contribution is -2.20. The molecule has 0 aliphatic carbocycles. The molecule has 0 aliphatic heterocycles. The van der Waals surface area contributed by atoms with Gasteiger partial charge in [-0.25, -0.2) is 0 Å². The predicted octanol–water partition coefficient (Wildman–Crippen LogP) is 3.23. The molecule has 0 aromatic heterocycles. The minimum Gasteiger partial charge on any atom is -0.507 e. The van der Waals surface area contributed by atoms with E-state index >= 15 is 0 Å². The molecule has 0 bridgehead atoms. The van der Waals surface area contributed by atoms with E-state index in [2.05, 4.69) is 26.1 Å². The van der Waals surface area contributed by atoms with E-state index in [1.165, 1.54) is 12.5 Å². The summed E-state index contributed by atoms with van der Waals surface area (Å²) in [4.78, 5) is 10.7. The molecule has 1 rings (SSSR count). The molecule has 0 spiro atoms. The Morgan fingerprint density at radius 1 is 1.37 bits per heavy atom. The van der Waals surface area contributed by atoms with Crippen molar-refractivity contribution >= 4 is 12.0 Å². The van der Waals surface area contributed by atoms with Gasteiger partial charge in [-0.15, -0.1) is 0 Å². The lowest BCUT2D eigenvalue weighted by Gasteiger charge is -2.19. The summed E-state index contributed by atoms with van der Waals surface area (Å²) in [5.41, 5.74) is 2.06. The zero-order chi connectivity index (χ0) is 14.5. The predicted molar refractivity (Wildman–Crippen MR) is 79.1 cm³/mol. The molecule has 1 aromatic rings. The number of benzene rings is 1. The number of rotatable bonds is 4. The number of amides is 1. The molecule has 0 heterocycles. The molecule has 3 nitrogen and oxygen atoms in total. The van der Waals surface area contributed by atoms with E-state index in [0.29, 0.717) is 6.54 Å². The van der Waals surface area contributed by atoms with Gasteiger partial charge in [0.05, 0.1) is 0 Å². The molecule has 3 heteroatoms. The smallest absolute Gasteiger partial charge is 0.216 e. The van der Waals surface area contributed by atoms with Crippen LogP contribution in [0.15, 0.2) is 24.3 Å². The van der Waals surface area contributed by atoms with Crippen LogP contribution in [-0.4, -0.2) is 17.6 Å². The van der Waals surface area contributed by atoms with Gasteiger partial charge in [0.1, 0.15) is 5.75 Å². The molecule has 0 radical (unpaired) electrons. The number of hydrogen-bond acceptors (Lipinski definition) is 2.